The van der Waals surface area contributed by atoms with Crippen molar-refractivity contribution >= 4 is 73.7 Å². The second-order valence-electron chi connectivity index (χ2n) is 20.9. The minimum Gasteiger partial charge on any atom is -0.388 e. The summed E-state index contributed by atoms with van der Waals surface area (Å²) in [4.78, 5) is 36.2. The van der Waals surface area contributed by atoms with Crippen LogP contribution in [0.15, 0.2) is 186 Å². The number of amides is 2. The second-order valence-corrected chi connectivity index (χ2v) is 20.9. The fraction of sp³-hybridized carbons (Fsp3) is 0.261. The Morgan fingerprint density at radius 3 is 1.70 bits per heavy atom. The molecule has 0 spiro atoms. The van der Waals surface area contributed by atoms with Gasteiger partial charge in [0.25, 0.3) is 11.8 Å². The number of carbonyl (C=O) groups excluding carboxylic acids is 2. The van der Waals surface area contributed by atoms with Crippen LogP contribution >= 0.6 is 0 Å². The fourth-order valence-corrected chi connectivity index (χ4v) is 10.5. The van der Waals surface area contributed by atoms with Crippen molar-refractivity contribution in [1.82, 2.24) is 20.9 Å². The molecule has 8 aromatic rings. The number of carbonyl (C=O) groups is 2. The minimum absolute atomic E-state index is 0.0718. The van der Waals surface area contributed by atoms with Gasteiger partial charge in [-0.2, -0.15) is 0 Å². The molecule has 7 N–H and O–H groups in total. The molecule has 81 heavy (non-hydrogen) atoms. The van der Waals surface area contributed by atoms with Crippen molar-refractivity contribution in [3.63, 3.8) is 0 Å². The van der Waals surface area contributed by atoms with Gasteiger partial charge in [0.05, 0.1) is 17.1 Å². The van der Waals surface area contributed by atoms with Gasteiger partial charge < -0.3 is 37.2 Å². The van der Waals surface area contributed by atoms with Crippen LogP contribution in [0.25, 0.3) is 38.9 Å². The number of aromatic nitrogens is 2. The highest BCUT2D eigenvalue weighted by atomic mass is 16.2. The smallest absolute Gasteiger partial charge is 0.251 e. The van der Waals surface area contributed by atoms with E-state index in [-0.39, 0.29) is 11.8 Å². The molecule has 0 saturated heterocycles. The van der Waals surface area contributed by atoms with Crippen molar-refractivity contribution in [3.05, 3.63) is 209 Å². The fourth-order valence-electron chi connectivity index (χ4n) is 10.5. The Balaban J connectivity index is 0.649. The van der Waals surface area contributed by atoms with Crippen LogP contribution in [-0.4, -0.2) is 62.8 Å². The van der Waals surface area contributed by atoms with Gasteiger partial charge in [-0.1, -0.05) is 92.9 Å². The van der Waals surface area contributed by atoms with Gasteiger partial charge in [-0.05, 0) is 166 Å². The molecule has 9 rings (SSSR count). The molecule has 0 atom stereocenters. The molecule has 12 nitrogen and oxygen atoms in total. The van der Waals surface area contributed by atoms with E-state index in [9.17, 15) is 9.59 Å². The first-order chi connectivity index (χ1) is 39.5. The Morgan fingerprint density at radius 2 is 1.10 bits per heavy atom. The Kier molecular flexibility index (Phi) is 19.1. The van der Waals surface area contributed by atoms with Gasteiger partial charge >= 0.3 is 0 Å². The van der Waals surface area contributed by atoms with E-state index in [0.29, 0.717) is 24.2 Å². The second kappa shape index (κ2) is 27.2. The molecule has 7 aromatic carbocycles. The first kappa shape index (κ1) is 56.7. The molecule has 0 unspecified atom stereocenters. The number of rotatable bonds is 25. The average Bonchev–Trinajstić information content (AvgIpc) is 3.52. The van der Waals surface area contributed by atoms with Gasteiger partial charge in [0.2, 0.25) is 16.7 Å². The van der Waals surface area contributed by atoms with Gasteiger partial charge in [0.1, 0.15) is 11.0 Å². The molecule has 1 aromatic heterocycles. The lowest BCUT2D eigenvalue weighted by molar-refractivity contribution is -0.538. The van der Waals surface area contributed by atoms with Crippen molar-refractivity contribution in [1.29, 1.82) is 0 Å². The molecule has 414 valence electrons. The average molecular weight is 1080 g/mol. The van der Waals surface area contributed by atoms with E-state index < -0.39 is 0 Å². The lowest BCUT2D eigenvalue weighted by atomic mass is 9.96. The van der Waals surface area contributed by atoms with E-state index in [1.807, 2.05) is 105 Å². The summed E-state index contributed by atoms with van der Waals surface area (Å²) in [5.74, 6) is -0.147. The SMILES string of the molecule is C=C1C(C)=C(NCCCCCCNC(=O)c2ccc(-c3ccc(C(=O)NCCCCCCNc4ccc5nc6cc(C)c(NC)cc6[n+](-c6ccccc6)c5c4C)cc3)cc2)C=C/C1=N/c1cc(C)c(NC)cc1Nc1ccccc1. The molecule has 2 amide bonds. The van der Waals surface area contributed by atoms with Crippen LogP contribution in [0.5, 0.6) is 0 Å². The number of fused-ring (bicyclic) bond motifs is 2. The lowest BCUT2D eigenvalue weighted by Crippen LogP contribution is -2.34. The maximum atomic E-state index is 13.0. The van der Waals surface area contributed by atoms with Crippen molar-refractivity contribution in [2.24, 2.45) is 4.99 Å². The van der Waals surface area contributed by atoms with Crippen LogP contribution in [-0.2, 0) is 0 Å². The lowest BCUT2D eigenvalue weighted by Gasteiger charge is -2.19. The van der Waals surface area contributed by atoms with Gasteiger partial charge in [0.15, 0.2) is 0 Å². The molecule has 0 bridgehead atoms. The molecule has 12 heteroatoms. The minimum atomic E-state index is -0.0748. The summed E-state index contributed by atoms with van der Waals surface area (Å²) in [6.45, 7) is 15.8. The number of nitrogens with one attached hydrogen (secondary N) is 7. The summed E-state index contributed by atoms with van der Waals surface area (Å²) >= 11 is 0. The van der Waals surface area contributed by atoms with Crippen LogP contribution in [0, 0.1) is 20.8 Å². The zero-order valence-corrected chi connectivity index (χ0v) is 47.9. The normalized spacial score (nSPS) is 12.7. The first-order valence-electron chi connectivity index (χ1n) is 28.6. The Bertz CT molecular complexity index is 3630. The van der Waals surface area contributed by atoms with Gasteiger partial charge in [0, 0.05) is 104 Å². The Labute approximate surface area is 478 Å². The zero-order valence-electron chi connectivity index (χ0n) is 47.9. The molecular formula is C69H77N10O2+. The molecule has 1 heterocycles. The predicted molar refractivity (Wildman–Crippen MR) is 338 cm³/mol. The zero-order chi connectivity index (χ0) is 56.7. The standard InChI is InChI=1S/C69H76N10O2/c1-46-42-63(64(44-61(46)70-6)76-55-22-14-12-15-23-55)77-59-36-34-57(48(3)49(59)4)72-38-18-8-10-20-40-74-68(80)53-30-26-51(27-31-53)52-28-32-54(33-29-52)69(81)75-41-21-11-9-19-39-73-58-35-37-60-67(50(58)5)79(56-24-16-13-17-25-56)66-45-62(71-7)47(2)43-65(66)78-60/h12-17,22-37,42-45,70,72,76H,4,8-11,18-21,38-41H2,1-3,5-7H3,(H3,71,73,74,75,80,81)/p+1/b77-59-. The molecule has 1 aliphatic carbocycles. The summed E-state index contributed by atoms with van der Waals surface area (Å²) in [5.41, 5.74) is 21.8. The number of aliphatic imine (C=N–C) groups is 1. The Morgan fingerprint density at radius 1 is 0.543 bits per heavy atom. The maximum absolute atomic E-state index is 13.0. The van der Waals surface area contributed by atoms with E-state index in [1.54, 1.807) is 0 Å². The number of hydrogen-bond acceptors (Lipinski definition) is 9. The molecular weight excluding hydrogens is 1000 g/mol. The molecule has 0 saturated carbocycles. The van der Waals surface area contributed by atoms with Crippen molar-refractivity contribution in [2.45, 2.75) is 79.1 Å². The predicted octanol–water partition coefficient (Wildman–Crippen LogP) is 14.5. The van der Waals surface area contributed by atoms with Crippen molar-refractivity contribution in [3.8, 4) is 16.8 Å². The summed E-state index contributed by atoms with van der Waals surface area (Å²) in [5, 5.41) is 23.7. The topological polar surface area (TPSA) is 147 Å². The monoisotopic (exact) mass is 1080 g/mol. The third kappa shape index (κ3) is 14.1. The number of hydrogen-bond donors (Lipinski definition) is 7. The van der Waals surface area contributed by atoms with Crippen LogP contribution in [0.3, 0.4) is 0 Å². The van der Waals surface area contributed by atoms with Gasteiger partial charge in [-0.15, -0.1) is 4.57 Å². The highest BCUT2D eigenvalue weighted by molar-refractivity contribution is 6.14. The van der Waals surface area contributed by atoms with E-state index in [1.165, 1.54) is 0 Å². The Hall–Kier alpha value is -9.03. The summed E-state index contributed by atoms with van der Waals surface area (Å²) in [6, 6.07) is 48.8. The van der Waals surface area contributed by atoms with Crippen LogP contribution < -0.4 is 41.8 Å². The van der Waals surface area contributed by atoms with Gasteiger partial charge in [-0.3, -0.25) is 9.59 Å². The largest absolute Gasteiger partial charge is 0.388 e. The van der Waals surface area contributed by atoms with Crippen LogP contribution in [0.2, 0.25) is 0 Å². The third-order valence-electron chi connectivity index (χ3n) is 15.2. The molecule has 0 aliphatic heterocycles. The van der Waals surface area contributed by atoms with E-state index >= 15 is 0 Å². The van der Waals surface area contributed by atoms with Crippen molar-refractivity contribution in [2.75, 3.05) is 61.5 Å². The van der Waals surface area contributed by atoms with E-state index in [4.69, 9.17) is 9.98 Å². The maximum Gasteiger partial charge on any atom is 0.251 e. The number of anilines is 5. The summed E-state index contributed by atoms with van der Waals surface area (Å²) in [7, 11) is 3.89. The first-order valence-corrected chi connectivity index (χ1v) is 28.6. The van der Waals surface area contributed by atoms with Crippen LogP contribution in [0.4, 0.5) is 34.1 Å². The highest BCUT2D eigenvalue weighted by Crippen LogP contribution is 2.36. The number of allylic oxidation sites excluding steroid dienone is 4. The number of para-hydroxylation sites is 2. The molecule has 1 aliphatic rings. The van der Waals surface area contributed by atoms with E-state index in [0.717, 1.165) is 177 Å². The highest BCUT2D eigenvalue weighted by Gasteiger charge is 2.24. The van der Waals surface area contributed by atoms with Gasteiger partial charge in [-0.25, -0.2) is 9.98 Å². The number of nitrogens with zero attached hydrogens (tertiary/aromatic N) is 3. The quantitative estimate of drug-likeness (QED) is 0.0170. The molecule has 0 radical (unpaired) electrons. The van der Waals surface area contributed by atoms with Crippen molar-refractivity contribution < 1.29 is 14.2 Å². The molecule has 0 fully saturated rings. The van der Waals surface area contributed by atoms with Crippen LogP contribution in [0.1, 0.15) is 95.7 Å². The van der Waals surface area contributed by atoms with E-state index in [2.05, 4.69) is 143 Å². The summed E-state index contributed by atoms with van der Waals surface area (Å²) in [6.07, 6.45) is 12.2. The summed E-state index contributed by atoms with van der Waals surface area (Å²) < 4.78 is 2.33. The third-order valence-corrected chi connectivity index (χ3v) is 15.2. The number of aryl methyl sites for hydroxylation is 3. The number of unbranched alkanes of at least 4 members (excludes halogenated alkanes) is 6. The number of benzene rings is 7.